The Labute approximate surface area is 102 Å². The van der Waals surface area contributed by atoms with Crippen LogP contribution in [0.25, 0.3) is 0 Å². The fourth-order valence-electron chi connectivity index (χ4n) is 2.94. The Bertz CT molecular complexity index is 405. The number of likely N-dealkylation sites (N-methyl/N-ethyl adjacent to an activating group) is 1. The monoisotopic (exact) mass is 236 g/mol. The lowest BCUT2D eigenvalue weighted by molar-refractivity contribution is 0.0826. The SMILES string of the molecule is CN1CCN2CCc3cccc(Cl)c3C2C1. The maximum absolute atomic E-state index is 6.36. The molecule has 0 radical (unpaired) electrons. The van der Waals surface area contributed by atoms with Gasteiger partial charge in [-0.25, -0.2) is 0 Å². The van der Waals surface area contributed by atoms with Gasteiger partial charge in [0.05, 0.1) is 0 Å². The van der Waals surface area contributed by atoms with Crippen LogP contribution in [0.5, 0.6) is 0 Å². The van der Waals surface area contributed by atoms with Crippen molar-refractivity contribution in [1.29, 1.82) is 0 Å². The number of piperazine rings is 1. The maximum atomic E-state index is 6.36. The minimum Gasteiger partial charge on any atom is -0.303 e. The molecule has 0 amide bonds. The van der Waals surface area contributed by atoms with E-state index in [-0.39, 0.29) is 0 Å². The normalized spacial score (nSPS) is 26.2. The molecule has 0 aliphatic carbocycles. The average molecular weight is 237 g/mol. The zero-order valence-corrected chi connectivity index (χ0v) is 10.4. The van der Waals surface area contributed by atoms with E-state index in [0.29, 0.717) is 6.04 Å². The summed E-state index contributed by atoms with van der Waals surface area (Å²) in [6, 6.07) is 6.84. The highest BCUT2D eigenvalue weighted by atomic mass is 35.5. The van der Waals surface area contributed by atoms with Crippen molar-refractivity contribution in [3.8, 4) is 0 Å². The highest BCUT2D eigenvalue weighted by molar-refractivity contribution is 6.31. The second-order valence-electron chi connectivity index (χ2n) is 4.88. The lowest BCUT2D eigenvalue weighted by Gasteiger charge is -2.44. The molecule has 2 heterocycles. The number of halogens is 1. The molecule has 2 nitrogen and oxygen atoms in total. The summed E-state index contributed by atoms with van der Waals surface area (Å²) in [6.07, 6.45) is 1.15. The molecule has 2 aliphatic heterocycles. The maximum Gasteiger partial charge on any atom is 0.0493 e. The van der Waals surface area contributed by atoms with Gasteiger partial charge in [-0.1, -0.05) is 23.7 Å². The zero-order chi connectivity index (χ0) is 11.1. The fourth-order valence-corrected chi connectivity index (χ4v) is 3.26. The number of hydrogen-bond acceptors (Lipinski definition) is 2. The predicted molar refractivity (Wildman–Crippen MR) is 67.0 cm³/mol. The Hall–Kier alpha value is -0.570. The van der Waals surface area contributed by atoms with E-state index in [9.17, 15) is 0 Å². The molecule has 1 aromatic rings. The first-order valence-corrected chi connectivity index (χ1v) is 6.33. The van der Waals surface area contributed by atoms with E-state index in [1.165, 1.54) is 30.8 Å². The first-order valence-electron chi connectivity index (χ1n) is 5.95. The Morgan fingerprint density at radius 3 is 3.00 bits per heavy atom. The van der Waals surface area contributed by atoms with Crippen molar-refractivity contribution in [2.75, 3.05) is 33.2 Å². The summed E-state index contributed by atoms with van der Waals surface area (Å²) in [7, 11) is 2.20. The summed E-state index contributed by atoms with van der Waals surface area (Å²) in [6.45, 7) is 4.64. The van der Waals surface area contributed by atoms with E-state index < -0.39 is 0 Å². The van der Waals surface area contributed by atoms with Crippen LogP contribution in [0.4, 0.5) is 0 Å². The Kier molecular flexibility index (Phi) is 2.66. The number of fused-ring (bicyclic) bond motifs is 3. The van der Waals surface area contributed by atoms with Crippen LogP contribution in [0.2, 0.25) is 5.02 Å². The van der Waals surface area contributed by atoms with Gasteiger partial charge in [-0.3, -0.25) is 4.90 Å². The molecule has 1 aromatic carbocycles. The minimum atomic E-state index is 0.510. The van der Waals surface area contributed by atoms with Crippen LogP contribution in [0.1, 0.15) is 17.2 Å². The lowest BCUT2D eigenvalue weighted by Crippen LogP contribution is -2.49. The summed E-state index contributed by atoms with van der Waals surface area (Å²) in [4.78, 5) is 4.98. The molecule has 16 heavy (non-hydrogen) atoms. The van der Waals surface area contributed by atoms with Gasteiger partial charge in [-0.15, -0.1) is 0 Å². The van der Waals surface area contributed by atoms with Gasteiger partial charge in [-0.2, -0.15) is 0 Å². The number of rotatable bonds is 0. The Morgan fingerprint density at radius 1 is 1.25 bits per heavy atom. The molecule has 0 spiro atoms. The largest absolute Gasteiger partial charge is 0.303 e. The first-order chi connectivity index (χ1) is 7.75. The molecule has 2 aliphatic rings. The third kappa shape index (κ3) is 1.65. The smallest absolute Gasteiger partial charge is 0.0493 e. The van der Waals surface area contributed by atoms with E-state index in [2.05, 4.69) is 29.0 Å². The lowest BCUT2D eigenvalue weighted by atomic mass is 9.91. The van der Waals surface area contributed by atoms with Crippen molar-refractivity contribution in [2.24, 2.45) is 0 Å². The van der Waals surface area contributed by atoms with Crippen LogP contribution in [0.3, 0.4) is 0 Å². The summed E-state index contributed by atoms with van der Waals surface area (Å²) in [5, 5.41) is 0.947. The van der Waals surface area contributed by atoms with Crippen LogP contribution in [-0.2, 0) is 6.42 Å². The summed E-state index contributed by atoms with van der Waals surface area (Å²) in [5.41, 5.74) is 2.83. The van der Waals surface area contributed by atoms with Gasteiger partial charge in [-0.05, 0) is 30.7 Å². The highest BCUT2D eigenvalue weighted by Gasteiger charge is 2.32. The van der Waals surface area contributed by atoms with Crippen molar-refractivity contribution in [3.05, 3.63) is 34.3 Å². The molecule has 0 saturated carbocycles. The highest BCUT2D eigenvalue weighted by Crippen LogP contribution is 2.36. The number of nitrogens with zero attached hydrogens (tertiary/aromatic N) is 2. The summed E-state index contributed by atoms with van der Waals surface area (Å²) < 4.78 is 0. The van der Waals surface area contributed by atoms with Crippen LogP contribution in [0, 0.1) is 0 Å². The van der Waals surface area contributed by atoms with Crippen molar-refractivity contribution < 1.29 is 0 Å². The van der Waals surface area contributed by atoms with Crippen molar-refractivity contribution in [1.82, 2.24) is 9.80 Å². The van der Waals surface area contributed by atoms with Gasteiger partial charge in [0.1, 0.15) is 0 Å². The number of benzene rings is 1. The van der Waals surface area contributed by atoms with Gasteiger partial charge < -0.3 is 4.90 Å². The standard InChI is InChI=1S/C13H17ClN2/c1-15-7-8-16-6-5-10-3-2-4-11(14)13(10)12(16)9-15/h2-4,12H,5-9H2,1H3. The molecule has 0 bridgehead atoms. The molecular formula is C13H17ClN2. The van der Waals surface area contributed by atoms with Crippen LogP contribution < -0.4 is 0 Å². The summed E-state index contributed by atoms with van der Waals surface area (Å²) >= 11 is 6.36. The van der Waals surface area contributed by atoms with Crippen LogP contribution in [-0.4, -0.2) is 43.0 Å². The van der Waals surface area contributed by atoms with E-state index in [4.69, 9.17) is 11.6 Å². The topological polar surface area (TPSA) is 6.48 Å². The van der Waals surface area contributed by atoms with E-state index in [0.717, 1.165) is 18.0 Å². The molecule has 1 saturated heterocycles. The Balaban J connectivity index is 2.02. The molecule has 0 aromatic heterocycles. The van der Waals surface area contributed by atoms with Crippen molar-refractivity contribution in [2.45, 2.75) is 12.5 Å². The minimum absolute atomic E-state index is 0.510. The van der Waals surface area contributed by atoms with Gasteiger partial charge in [0.25, 0.3) is 0 Å². The van der Waals surface area contributed by atoms with Crippen molar-refractivity contribution >= 4 is 11.6 Å². The first kappa shape index (κ1) is 10.6. The average Bonchev–Trinajstić information content (AvgIpc) is 2.28. The second kappa shape index (κ2) is 4.02. The van der Waals surface area contributed by atoms with Gasteiger partial charge in [0, 0.05) is 37.2 Å². The van der Waals surface area contributed by atoms with E-state index in [1.54, 1.807) is 0 Å². The summed E-state index contributed by atoms with van der Waals surface area (Å²) in [5.74, 6) is 0. The van der Waals surface area contributed by atoms with E-state index in [1.807, 2.05) is 6.07 Å². The van der Waals surface area contributed by atoms with Crippen LogP contribution in [0.15, 0.2) is 18.2 Å². The molecule has 1 fully saturated rings. The van der Waals surface area contributed by atoms with Crippen molar-refractivity contribution in [3.63, 3.8) is 0 Å². The van der Waals surface area contributed by atoms with Gasteiger partial charge in [0.15, 0.2) is 0 Å². The molecule has 3 heteroatoms. The van der Waals surface area contributed by atoms with E-state index >= 15 is 0 Å². The number of hydrogen-bond donors (Lipinski definition) is 0. The molecule has 0 N–H and O–H groups in total. The van der Waals surface area contributed by atoms with Gasteiger partial charge >= 0.3 is 0 Å². The third-order valence-electron chi connectivity index (χ3n) is 3.84. The molecule has 1 unspecified atom stereocenters. The zero-order valence-electron chi connectivity index (χ0n) is 9.62. The quantitative estimate of drug-likeness (QED) is 0.682. The van der Waals surface area contributed by atoms with Gasteiger partial charge in [0.2, 0.25) is 0 Å². The fraction of sp³-hybridized carbons (Fsp3) is 0.538. The Morgan fingerprint density at radius 2 is 2.12 bits per heavy atom. The third-order valence-corrected chi connectivity index (χ3v) is 4.17. The van der Waals surface area contributed by atoms with Crippen LogP contribution >= 0.6 is 11.6 Å². The molecule has 1 atom stereocenters. The second-order valence-corrected chi connectivity index (χ2v) is 5.28. The molecular weight excluding hydrogens is 220 g/mol. The molecule has 86 valence electrons. The molecule has 3 rings (SSSR count). The predicted octanol–water partition coefficient (Wildman–Crippen LogP) is 2.18.